The highest BCUT2D eigenvalue weighted by molar-refractivity contribution is 7.99. The molecule has 284 valence electrons. The van der Waals surface area contributed by atoms with Gasteiger partial charge in [0.15, 0.2) is 0 Å². The third kappa shape index (κ3) is 25.6. The number of hydrogen-bond donors (Lipinski definition) is 0. The van der Waals surface area contributed by atoms with Crippen molar-refractivity contribution < 1.29 is 4.74 Å². The summed E-state index contributed by atoms with van der Waals surface area (Å²) in [5.74, 6) is 3.71. The van der Waals surface area contributed by atoms with Gasteiger partial charge in [0.2, 0.25) is 0 Å². The Balaban J connectivity index is 0.000000531. The van der Waals surface area contributed by atoms with Crippen molar-refractivity contribution in [2.45, 2.75) is 124 Å². The molecular weight excluding hydrogens is 601 g/mol. The Kier molecular flexibility index (Phi) is 32.1. The van der Waals surface area contributed by atoms with Crippen LogP contribution in [0.1, 0.15) is 112 Å². The second-order valence-electron chi connectivity index (χ2n) is 14.4. The van der Waals surface area contributed by atoms with Gasteiger partial charge in [-0.05, 0) is 99.8 Å². The molecular formula is C39H86N6OS. The number of piperidine rings is 2. The maximum absolute atomic E-state index is 5.10. The van der Waals surface area contributed by atoms with Crippen LogP contribution in [0.3, 0.4) is 0 Å². The van der Waals surface area contributed by atoms with Gasteiger partial charge in [-0.1, -0.05) is 73.1 Å². The van der Waals surface area contributed by atoms with Gasteiger partial charge >= 0.3 is 0 Å². The molecule has 1 aliphatic carbocycles. The van der Waals surface area contributed by atoms with Crippen molar-refractivity contribution in [2.75, 3.05) is 126 Å². The molecule has 1 saturated carbocycles. The summed E-state index contributed by atoms with van der Waals surface area (Å²) in [6.07, 6.45) is 17.6. The Morgan fingerprint density at radius 2 is 0.894 bits per heavy atom. The quantitative estimate of drug-likeness (QED) is 0.260. The van der Waals surface area contributed by atoms with Crippen LogP contribution in [0.15, 0.2) is 0 Å². The predicted molar refractivity (Wildman–Crippen MR) is 213 cm³/mol. The first-order valence-electron chi connectivity index (χ1n) is 20.0. The molecule has 0 aromatic rings. The Bertz CT molecular complexity index is 568. The summed E-state index contributed by atoms with van der Waals surface area (Å²) in [5, 5.41) is 0. The van der Waals surface area contributed by atoms with E-state index in [1.54, 1.807) is 0 Å². The lowest BCUT2D eigenvalue weighted by Crippen LogP contribution is -2.35. The minimum atomic E-state index is 0.913. The number of likely N-dealkylation sites (tertiary alicyclic amines) is 1. The molecule has 6 aliphatic heterocycles. The smallest absolute Gasteiger partial charge is 0.0594 e. The van der Waals surface area contributed by atoms with Crippen LogP contribution in [0.5, 0.6) is 0 Å². The lowest BCUT2D eigenvalue weighted by atomic mass is 10.0. The van der Waals surface area contributed by atoms with Crippen LogP contribution in [0.2, 0.25) is 0 Å². The van der Waals surface area contributed by atoms with Crippen molar-refractivity contribution in [3.8, 4) is 0 Å². The van der Waals surface area contributed by atoms with Crippen molar-refractivity contribution in [3.05, 3.63) is 0 Å². The third-order valence-corrected chi connectivity index (χ3v) is 11.0. The highest BCUT2D eigenvalue weighted by Gasteiger charge is 2.33. The van der Waals surface area contributed by atoms with E-state index in [-0.39, 0.29) is 0 Å². The van der Waals surface area contributed by atoms with Crippen LogP contribution in [-0.2, 0) is 4.74 Å². The van der Waals surface area contributed by atoms with Crippen molar-refractivity contribution in [3.63, 3.8) is 0 Å². The zero-order valence-corrected chi connectivity index (χ0v) is 34.7. The largest absolute Gasteiger partial charge is 0.379 e. The predicted octanol–water partition coefficient (Wildman–Crippen LogP) is 7.42. The maximum atomic E-state index is 5.10. The maximum Gasteiger partial charge on any atom is 0.0594 e. The number of rotatable bonds is 0. The Labute approximate surface area is 300 Å². The molecule has 7 rings (SSSR count). The lowest BCUT2D eigenvalue weighted by Gasteiger charge is -2.30. The van der Waals surface area contributed by atoms with Gasteiger partial charge in [-0.3, -0.25) is 9.80 Å². The minimum Gasteiger partial charge on any atom is -0.379 e. The Morgan fingerprint density at radius 1 is 0.447 bits per heavy atom. The fourth-order valence-corrected chi connectivity index (χ4v) is 7.85. The van der Waals surface area contributed by atoms with Crippen molar-refractivity contribution in [1.29, 1.82) is 0 Å². The monoisotopic (exact) mass is 687 g/mol. The Morgan fingerprint density at radius 3 is 1.15 bits per heavy atom. The number of hydrogen-bond acceptors (Lipinski definition) is 8. The number of fused-ring (bicyclic) bond motifs is 2. The standard InChI is InChI=1S/C8H15N.C6H13N.C6H12.C5H12N2.C5H11NO.C5H11NS.2C2H6/c1-9-7-3-2-4-8(9)6-5-7;1-7-5-3-2-4-6-7;1-6-4-2-3-5-6;1-6-3-4-7(2)5-6;2*1-6-2-4-7-5-3-6;2*1-2/h7-8H,2-6H2,1H3;2-6H2,1H3;6H,2-5H2,1H3;3-5H2,1-2H3;2*2-5H2,1H3;2*1-2H3. The van der Waals surface area contributed by atoms with Gasteiger partial charge in [0.25, 0.3) is 0 Å². The zero-order valence-electron chi connectivity index (χ0n) is 33.9. The second-order valence-corrected chi connectivity index (χ2v) is 15.6. The zero-order chi connectivity index (χ0) is 35.3. The van der Waals surface area contributed by atoms with E-state index in [0.717, 1.165) is 51.0 Å². The van der Waals surface area contributed by atoms with E-state index in [0.29, 0.717) is 0 Å². The van der Waals surface area contributed by atoms with E-state index in [1.165, 1.54) is 128 Å². The van der Waals surface area contributed by atoms with E-state index < -0.39 is 0 Å². The van der Waals surface area contributed by atoms with Gasteiger partial charge in [0, 0.05) is 62.9 Å². The molecule has 2 atom stereocenters. The molecule has 0 aromatic carbocycles. The van der Waals surface area contributed by atoms with E-state index in [1.807, 2.05) is 27.7 Å². The van der Waals surface area contributed by atoms with E-state index in [9.17, 15) is 0 Å². The van der Waals surface area contributed by atoms with Gasteiger partial charge in [0.05, 0.1) is 19.9 Å². The molecule has 0 amide bonds. The fraction of sp³-hybridized carbons (Fsp3) is 1.00. The van der Waals surface area contributed by atoms with Crippen LogP contribution in [0, 0.1) is 5.92 Å². The molecule has 2 bridgehead atoms. The highest BCUT2D eigenvalue weighted by Crippen LogP contribution is 2.33. The molecule has 7 aliphatic rings. The SMILES string of the molecule is CC.CC.CC1CCCC1.CN1C2CCCC1CC2.CN1CCCCC1.CN1CCN(C)C1.CN1CCOCC1.CN1CCSCC1. The van der Waals surface area contributed by atoms with Gasteiger partial charge in [-0.15, -0.1) is 0 Å². The van der Waals surface area contributed by atoms with Gasteiger partial charge in [0.1, 0.15) is 0 Å². The number of ether oxygens (including phenoxy) is 1. The topological polar surface area (TPSA) is 28.7 Å². The third-order valence-electron chi connectivity index (χ3n) is 10.1. The molecule has 0 spiro atoms. The van der Waals surface area contributed by atoms with Gasteiger partial charge < -0.3 is 24.3 Å². The minimum absolute atomic E-state index is 0.913. The number of morpholine rings is 1. The molecule has 0 N–H and O–H groups in total. The fourth-order valence-electron chi connectivity index (χ4n) is 6.76. The average molecular weight is 687 g/mol. The molecule has 0 radical (unpaired) electrons. The van der Waals surface area contributed by atoms with E-state index in [4.69, 9.17) is 4.74 Å². The first-order chi connectivity index (χ1) is 22.7. The number of nitrogens with zero attached hydrogens (tertiary/aromatic N) is 6. The van der Waals surface area contributed by atoms with Crippen LogP contribution >= 0.6 is 11.8 Å². The van der Waals surface area contributed by atoms with E-state index >= 15 is 0 Å². The van der Waals surface area contributed by atoms with Crippen LogP contribution in [0.4, 0.5) is 0 Å². The molecule has 7 nitrogen and oxygen atoms in total. The van der Waals surface area contributed by atoms with Crippen molar-refractivity contribution >= 4 is 11.8 Å². The molecule has 8 heteroatoms. The van der Waals surface area contributed by atoms with Crippen LogP contribution in [-0.4, -0.2) is 168 Å². The molecule has 0 aromatic heterocycles. The summed E-state index contributed by atoms with van der Waals surface area (Å²) in [6, 6.07) is 1.92. The first-order valence-corrected chi connectivity index (χ1v) is 21.2. The number of thioether (sulfide) groups is 1. The molecule has 7 fully saturated rings. The second kappa shape index (κ2) is 32.0. The van der Waals surface area contributed by atoms with Crippen molar-refractivity contribution in [1.82, 2.24) is 29.4 Å². The van der Waals surface area contributed by atoms with Gasteiger partial charge in [-0.25, -0.2) is 0 Å². The highest BCUT2D eigenvalue weighted by atomic mass is 32.2. The Hall–Kier alpha value is 0.0700. The summed E-state index contributed by atoms with van der Waals surface area (Å²) in [6.45, 7) is 23.2. The summed E-state index contributed by atoms with van der Waals surface area (Å²) in [7, 11) is 13.1. The summed E-state index contributed by atoms with van der Waals surface area (Å²) < 4.78 is 5.10. The van der Waals surface area contributed by atoms with Crippen LogP contribution < -0.4 is 0 Å². The molecule has 2 unspecified atom stereocenters. The molecule has 6 heterocycles. The summed E-state index contributed by atoms with van der Waals surface area (Å²) in [4.78, 5) is 14.2. The van der Waals surface area contributed by atoms with Gasteiger partial charge in [-0.2, -0.15) is 11.8 Å². The molecule has 47 heavy (non-hydrogen) atoms. The number of likely N-dealkylation sites (N-methyl/N-ethyl adjacent to an activating group) is 3. The van der Waals surface area contributed by atoms with E-state index in [2.05, 4.69) is 90.4 Å². The average Bonchev–Trinajstić information content (AvgIpc) is 3.77. The van der Waals surface area contributed by atoms with Crippen LogP contribution in [0.25, 0.3) is 0 Å². The first kappa shape index (κ1) is 47.1. The molecule has 6 saturated heterocycles. The normalized spacial score (nSPS) is 27.1. The summed E-state index contributed by atoms with van der Waals surface area (Å²) in [5.41, 5.74) is 0. The lowest BCUT2D eigenvalue weighted by molar-refractivity contribution is 0.0503. The van der Waals surface area contributed by atoms with Crippen molar-refractivity contribution in [2.24, 2.45) is 5.92 Å². The summed E-state index contributed by atoms with van der Waals surface area (Å²) >= 11 is 2.06.